The topological polar surface area (TPSA) is 165 Å². The van der Waals surface area contributed by atoms with Crippen molar-refractivity contribution in [2.75, 3.05) is 26.2 Å². The van der Waals surface area contributed by atoms with Crippen LogP contribution in [0.5, 0.6) is 0 Å². The smallest absolute Gasteiger partial charge is 0.326 e. The largest absolute Gasteiger partial charge is 0.481 e. The van der Waals surface area contributed by atoms with Gasteiger partial charge in [0.05, 0.1) is 13.0 Å². The number of nitrogens with zero attached hydrogens (tertiary/aromatic N) is 1. The molecule has 3 fully saturated rings. The molecule has 41 heavy (non-hydrogen) atoms. The Labute approximate surface area is 243 Å². The van der Waals surface area contributed by atoms with Crippen LogP contribution in [-0.2, 0) is 24.0 Å². The summed E-state index contributed by atoms with van der Waals surface area (Å²) >= 11 is 0. The Morgan fingerprint density at radius 1 is 0.878 bits per heavy atom. The van der Waals surface area contributed by atoms with Crippen molar-refractivity contribution in [2.45, 2.75) is 109 Å². The third kappa shape index (κ3) is 10.9. The van der Waals surface area contributed by atoms with E-state index in [2.05, 4.69) is 16.0 Å². The number of rotatable bonds is 15. The predicted molar refractivity (Wildman–Crippen MR) is 153 cm³/mol. The SMILES string of the molecule is CCN(CC(=O)N[C@@H](CC(=O)O)C(=O)N[C@@H](CC1CCC2CCCCC2C1)C(=O)O)C(=O)CCCC1CCNCC1. The molecule has 0 aromatic carbocycles. The molecular formula is C30H50N4O7. The molecule has 2 saturated carbocycles. The number of hydrogen-bond acceptors (Lipinski definition) is 6. The molecule has 232 valence electrons. The van der Waals surface area contributed by atoms with Gasteiger partial charge in [-0.25, -0.2) is 4.79 Å². The first-order valence-electron chi connectivity index (χ1n) is 15.7. The molecule has 1 saturated heterocycles. The van der Waals surface area contributed by atoms with Crippen LogP contribution in [0.25, 0.3) is 0 Å². The summed E-state index contributed by atoms with van der Waals surface area (Å²) in [4.78, 5) is 63.5. The van der Waals surface area contributed by atoms with Crippen LogP contribution in [-0.4, -0.2) is 83.0 Å². The van der Waals surface area contributed by atoms with E-state index in [9.17, 15) is 34.2 Å². The fourth-order valence-corrected chi connectivity index (χ4v) is 7.06. The molecule has 0 radical (unpaired) electrons. The van der Waals surface area contributed by atoms with E-state index in [1.807, 2.05) is 0 Å². The molecule has 0 aromatic heterocycles. The van der Waals surface area contributed by atoms with Crippen LogP contribution in [0, 0.1) is 23.7 Å². The normalized spacial score (nSPS) is 24.4. The Balaban J connectivity index is 1.50. The fourth-order valence-electron chi connectivity index (χ4n) is 7.06. The zero-order chi connectivity index (χ0) is 29.8. The van der Waals surface area contributed by atoms with Gasteiger partial charge in [0, 0.05) is 13.0 Å². The highest BCUT2D eigenvalue weighted by atomic mass is 16.4. The van der Waals surface area contributed by atoms with Crippen molar-refractivity contribution in [1.29, 1.82) is 0 Å². The Kier molecular flexibility index (Phi) is 13.3. The van der Waals surface area contributed by atoms with Gasteiger partial charge in [0.1, 0.15) is 12.1 Å². The summed E-state index contributed by atoms with van der Waals surface area (Å²) in [5.74, 6) is -1.99. The van der Waals surface area contributed by atoms with Gasteiger partial charge in [0.2, 0.25) is 17.7 Å². The molecule has 11 heteroatoms. The number of likely N-dealkylation sites (N-methyl/N-ethyl adjacent to an activating group) is 1. The van der Waals surface area contributed by atoms with Crippen molar-refractivity contribution in [2.24, 2.45) is 23.7 Å². The van der Waals surface area contributed by atoms with Gasteiger partial charge in [-0.2, -0.15) is 0 Å². The van der Waals surface area contributed by atoms with Gasteiger partial charge in [-0.3, -0.25) is 19.2 Å². The number of hydrogen-bond donors (Lipinski definition) is 5. The number of nitrogens with one attached hydrogen (secondary N) is 3. The first kappa shape index (κ1) is 32.8. The minimum atomic E-state index is -1.44. The third-order valence-corrected chi connectivity index (χ3v) is 9.39. The number of aliphatic carboxylic acids is 2. The van der Waals surface area contributed by atoms with Gasteiger partial charge in [-0.15, -0.1) is 0 Å². The summed E-state index contributed by atoms with van der Waals surface area (Å²) in [5.41, 5.74) is 0. The molecule has 2 aliphatic carbocycles. The molecular weight excluding hydrogens is 528 g/mol. The van der Waals surface area contributed by atoms with Crippen LogP contribution >= 0.6 is 0 Å². The molecule has 0 bridgehead atoms. The van der Waals surface area contributed by atoms with E-state index < -0.39 is 42.3 Å². The number of amides is 3. The summed E-state index contributed by atoms with van der Waals surface area (Å²) in [6.07, 6.45) is 11.7. The maximum absolute atomic E-state index is 13.0. The molecule has 3 unspecified atom stereocenters. The number of piperidine rings is 1. The van der Waals surface area contributed by atoms with Gasteiger partial charge in [-0.1, -0.05) is 32.1 Å². The molecule has 5 atom stereocenters. The number of carboxylic acids is 2. The Morgan fingerprint density at radius 2 is 1.59 bits per heavy atom. The zero-order valence-corrected chi connectivity index (χ0v) is 24.6. The fraction of sp³-hybridized carbons (Fsp3) is 0.833. The Morgan fingerprint density at radius 3 is 2.24 bits per heavy atom. The van der Waals surface area contributed by atoms with Gasteiger partial charge in [0.15, 0.2) is 0 Å². The lowest BCUT2D eigenvalue weighted by atomic mass is 9.66. The van der Waals surface area contributed by atoms with E-state index in [0.29, 0.717) is 24.8 Å². The van der Waals surface area contributed by atoms with Crippen LogP contribution in [0.2, 0.25) is 0 Å². The standard InChI is InChI=1S/C30H50N4O7/c1-2-34(27(36)9-5-6-20-12-14-31-15-13-20)19-26(35)32-24(18-28(37)38)29(39)33-25(30(40)41)17-21-10-11-22-7-3-4-8-23(22)16-21/h20-25,31H,2-19H2,1H3,(H,32,35)(H,33,39)(H,37,38)(H,40,41)/t21?,22?,23?,24-,25-/m0/s1. The first-order valence-corrected chi connectivity index (χ1v) is 15.7. The van der Waals surface area contributed by atoms with Gasteiger partial charge in [0.25, 0.3) is 0 Å². The predicted octanol–water partition coefficient (Wildman–Crippen LogP) is 2.53. The lowest BCUT2D eigenvalue weighted by Gasteiger charge is -2.40. The van der Waals surface area contributed by atoms with E-state index in [1.54, 1.807) is 6.92 Å². The molecule has 1 heterocycles. The molecule has 0 spiro atoms. The first-order chi connectivity index (χ1) is 19.7. The van der Waals surface area contributed by atoms with Crippen LogP contribution in [0.3, 0.4) is 0 Å². The van der Waals surface area contributed by atoms with Crippen molar-refractivity contribution in [3.05, 3.63) is 0 Å². The van der Waals surface area contributed by atoms with E-state index in [-0.39, 0.29) is 24.8 Å². The Bertz CT molecular complexity index is 907. The number of fused-ring (bicyclic) bond motifs is 1. The van der Waals surface area contributed by atoms with E-state index in [4.69, 9.17) is 0 Å². The summed E-state index contributed by atoms with van der Waals surface area (Å²) in [6.45, 7) is 3.77. The van der Waals surface area contributed by atoms with Gasteiger partial charge >= 0.3 is 11.9 Å². The second kappa shape index (κ2) is 16.7. The molecule has 11 nitrogen and oxygen atoms in total. The second-order valence-electron chi connectivity index (χ2n) is 12.3. The lowest BCUT2D eigenvalue weighted by Crippen LogP contribution is -2.54. The maximum Gasteiger partial charge on any atom is 0.326 e. The quantitative estimate of drug-likeness (QED) is 0.198. The summed E-state index contributed by atoms with van der Waals surface area (Å²) < 4.78 is 0. The number of carbonyl (C=O) groups excluding carboxylic acids is 3. The molecule has 1 aliphatic heterocycles. The molecule has 5 N–H and O–H groups in total. The monoisotopic (exact) mass is 578 g/mol. The molecule has 0 aromatic rings. The average molecular weight is 579 g/mol. The highest BCUT2D eigenvalue weighted by molar-refractivity contribution is 5.94. The zero-order valence-electron chi connectivity index (χ0n) is 24.6. The van der Waals surface area contributed by atoms with Crippen molar-refractivity contribution in [1.82, 2.24) is 20.9 Å². The number of carbonyl (C=O) groups is 5. The molecule has 3 rings (SSSR count). The van der Waals surface area contributed by atoms with E-state index in [1.165, 1.54) is 30.6 Å². The highest BCUT2D eigenvalue weighted by Crippen LogP contribution is 2.43. The van der Waals surface area contributed by atoms with Crippen molar-refractivity contribution < 1.29 is 34.2 Å². The minimum absolute atomic E-state index is 0.158. The van der Waals surface area contributed by atoms with E-state index >= 15 is 0 Å². The van der Waals surface area contributed by atoms with Crippen molar-refractivity contribution >= 4 is 29.7 Å². The van der Waals surface area contributed by atoms with Crippen molar-refractivity contribution in [3.8, 4) is 0 Å². The summed E-state index contributed by atoms with van der Waals surface area (Å²) in [7, 11) is 0. The second-order valence-corrected chi connectivity index (χ2v) is 12.3. The number of carboxylic acid groups (broad SMARTS) is 2. The minimum Gasteiger partial charge on any atom is -0.481 e. The van der Waals surface area contributed by atoms with Crippen LogP contribution in [0.1, 0.15) is 96.8 Å². The highest BCUT2D eigenvalue weighted by Gasteiger charge is 2.36. The maximum atomic E-state index is 13.0. The molecule has 3 amide bonds. The molecule has 3 aliphatic rings. The van der Waals surface area contributed by atoms with Crippen LogP contribution in [0.15, 0.2) is 0 Å². The van der Waals surface area contributed by atoms with Gasteiger partial charge < -0.3 is 31.1 Å². The Hall–Kier alpha value is -2.69. The average Bonchev–Trinajstić information content (AvgIpc) is 2.95. The third-order valence-electron chi connectivity index (χ3n) is 9.39. The van der Waals surface area contributed by atoms with Crippen LogP contribution < -0.4 is 16.0 Å². The summed E-state index contributed by atoms with van der Waals surface area (Å²) in [5, 5.41) is 27.5. The van der Waals surface area contributed by atoms with E-state index in [0.717, 1.165) is 64.0 Å². The van der Waals surface area contributed by atoms with Crippen molar-refractivity contribution in [3.63, 3.8) is 0 Å². The summed E-state index contributed by atoms with van der Waals surface area (Å²) in [6, 6.07) is -2.60. The van der Waals surface area contributed by atoms with Gasteiger partial charge in [-0.05, 0) is 88.6 Å². The van der Waals surface area contributed by atoms with Crippen LogP contribution in [0.4, 0.5) is 0 Å². The lowest BCUT2D eigenvalue weighted by molar-refractivity contribution is -0.144.